The van der Waals surface area contributed by atoms with Crippen molar-refractivity contribution in [2.45, 2.75) is 19.9 Å². The Labute approximate surface area is 137 Å². The van der Waals surface area contributed by atoms with Crippen LogP contribution in [-0.4, -0.2) is 30.5 Å². The largest absolute Gasteiger partial charge is 0.352 e. The number of nitrogens with zero attached hydrogens (tertiary/aromatic N) is 5. The lowest BCUT2D eigenvalue weighted by Gasteiger charge is -2.11. The third-order valence-electron chi connectivity index (χ3n) is 3.03. The standard InChI is InChI=1S/C16H19N7.2H2/c1-11(2)18-15-20-14(12-7-5-4-6-8-12)21-16(22-15)19-13-9-23(3)10-17-13;;/h4-11H,1-3H3,(H2,18,19,20,21,22);2*1H. The van der Waals surface area contributed by atoms with E-state index in [0.717, 1.165) is 5.56 Å². The number of aryl methyl sites for hydroxylation is 1. The Bertz CT molecular complexity index is 790. The van der Waals surface area contributed by atoms with E-state index in [9.17, 15) is 0 Å². The van der Waals surface area contributed by atoms with Crippen LogP contribution in [0, 0.1) is 0 Å². The number of rotatable bonds is 5. The predicted octanol–water partition coefficient (Wildman–Crippen LogP) is 3.33. The highest BCUT2D eigenvalue weighted by Crippen LogP contribution is 2.19. The molecule has 0 unspecified atom stereocenters. The first-order valence-electron chi connectivity index (χ1n) is 7.43. The fourth-order valence-electron chi connectivity index (χ4n) is 2.06. The van der Waals surface area contributed by atoms with Crippen LogP contribution < -0.4 is 10.6 Å². The zero-order valence-corrected chi connectivity index (χ0v) is 13.4. The van der Waals surface area contributed by atoms with Crippen molar-refractivity contribution in [3.8, 4) is 11.4 Å². The zero-order chi connectivity index (χ0) is 16.2. The van der Waals surface area contributed by atoms with Gasteiger partial charge in [-0.1, -0.05) is 30.3 Å². The van der Waals surface area contributed by atoms with Crippen molar-refractivity contribution in [3.05, 3.63) is 42.9 Å². The van der Waals surface area contributed by atoms with Gasteiger partial charge in [0.25, 0.3) is 0 Å². The molecule has 122 valence electrons. The summed E-state index contributed by atoms with van der Waals surface area (Å²) in [5.74, 6) is 2.29. The first-order valence-corrected chi connectivity index (χ1v) is 7.43. The second kappa shape index (κ2) is 6.43. The van der Waals surface area contributed by atoms with Crippen LogP contribution in [-0.2, 0) is 7.05 Å². The van der Waals surface area contributed by atoms with Crippen molar-refractivity contribution in [1.29, 1.82) is 0 Å². The molecule has 0 saturated heterocycles. The predicted molar refractivity (Wildman–Crippen MR) is 94.7 cm³/mol. The van der Waals surface area contributed by atoms with E-state index in [2.05, 4.69) is 30.6 Å². The Morgan fingerprint density at radius 1 is 1.04 bits per heavy atom. The average Bonchev–Trinajstić information content (AvgIpc) is 2.92. The number of nitrogens with one attached hydrogen (secondary N) is 2. The molecule has 3 aromatic rings. The van der Waals surface area contributed by atoms with Crippen molar-refractivity contribution in [3.63, 3.8) is 0 Å². The lowest BCUT2D eigenvalue weighted by Crippen LogP contribution is -2.14. The summed E-state index contributed by atoms with van der Waals surface area (Å²) in [6, 6.07) is 10.0. The highest BCUT2D eigenvalue weighted by molar-refractivity contribution is 5.59. The van der Waals surface area contributed by atoms with Gasteiger partial charge in [0.2, 0.25) is 11.9 Å². The van der Waals surface area contributed by atoms with Crippen LogP contribution >= 0.6 is 0 Å². The Morgan fingerprint density at radius 2 is 1.78 bits per heavy atom. The first-order chi connectivity index (χ1) is 11.1. The third-order valence-corrected chi connectivity index (χ3v) is 3.03. The molecule has 3 rings (SSSR count). The third kappa shape index (κ3) is 3.82. The summed E-state index contributed by atoms with van der Waals surface area (Å²) < 4.78 is 1.86. The average molecular weight is 313 g/mol. The molecule has 0 atom stereocenters. The minimum Gasteiger partial charge on any atom is -0.352 e. The van der Waals surface area contributed by atoms with Gasteiger partial charge in [-0.15, -0.1) is 0 Å². The van der Waals surface area contributed by atoms with E-state index >= 15 is 0 Å². The maximum atomic E-state index is 4.49. The molecule has 2 heterocycles. The molecule has 0 aliphatic carbocycles. The Kier molecular flexibility index (Phi) is 4.18. The summed E-state index contributed by atoms with van der Waals surface area (Å²) >= 11 is 0. The normalized spacial score (nSPS) is 10.8. The van der Waals surface area contributed by atoms with Gasteiger partial charge < -0.3 is 15.2 Å². The van der Waals surface area contributed by atoms with Crippen molar-refractivity contribution in [2.24, 2.45) is 7.05 Å². The van der Waals surface area contributed by atoms with E-state index in [0.29, 0.717) is 23.5 Å². The van der Waals surface area contributed by atoms with Crippen molar-refractivity contribution >= 4 is 17.7 Å². The maximum absolute atomic E-state index is 4.49. The number of anilines is 3. The molecule has 2 aromatic heterocycles. The molecule has 0 bridgehead atoms. The van der Waals surface area contributed by atoms with E-state index in [4.69, 9.17) is 0 Å². The zero-order valence-electron chi connectivity index (χ0n) is 13.4. The van der Waals surface area contributed by atoms with E-state index in [1.807, 2.05) is 62.0 Å². The lowest BCUT2D eigenvalue weighted by molar-refractivity contribution is 0.869. The van der Waals surface area contributed by atoms with E-state index < -0.39 is 0 Å². The number of imidazole rings is 1. The minimum absolute atomic E-state index is 0. The number of hydrogen-bond donors (Lipinski definition) is 2. The highest BCUT2D eigenvalue weighted by atomic mass is 15.2. The van der Waals surface area contributed by atoms with Crippen LogP contribution in [0.5, 0.6) is 0 Å². The summed E-state index contributed by atoms with van der Waals surface area (Å²) in [5.41, 5.74) is 0.936. The van der Waals surface area contributed by atoms with Crippen LogP contribution in [0.3, 0.4) is 0 Å². The summed E-state index contributed by atoms with van der Waals surface area (Å²) in [4.78, 5) is 17.6. The van der Waals surface area contributed by atoms with Crippen molar-refractivity contribution in [1.82, 2.24) is 24.5 Å². The van der Waals surface area contributed by atoms with E-state index in [1.165, 1.54) is 0 Å². The van der Waals surface area contributed by atoms with Gasteiger partial charge in [0.15, 0.2) is 11.6 Å². The summed E-state index contributed by atoms with van der Waals surface area (Å²) in [5, 5.41) is 6.33. The van der Waals surface area contributed by atoms with Crippen LogP contribution in [0.4, 0.5) is 17.7 Å². The SMILES string of the molecule is CC(C)Nc1nc(Nc2cn(C)cn2)nc(-c2ccccc2)n1.[HH].[HH]. The minimum atomic E-state index is 0. The number of hydrogen-bond acceptors (Lipinski definition) is 6. The summed E-state index contributed by atoms with van der Waals surface area (Å²) in [7, 11) is 1.91. The van der Waals surface area contributed by atoms with Crippen LogP contribution in [0.1, 0.15) is 16.7 Å². The van der Waals surface area contributed by atoms with Crippen LogP contribution in [0.15, 0.2) is 42.9 Å². The fraction of sp³-hybridized carbons (Fsp3) is 0.250. The van der Waals surface area contributed by atoms with Crippen LogP contribution in [0.25, 0.3) is 11.4 Å². The molecule has 0 radical (unpaired) electrons. The van der Waals surface area contributed by atoms with Crippen molar-refractivity contribution in [2.75, 3.05) is 10.6 Å². The number of aromatic nitrogens is 5. The molecule has 0 fully saturated rings. The first kappa shape index (κ1) is 15.0. The molecular formula is C16H23N7. The molecule has 23 heavy (non-hydrogen) atoms. The molecule has 0 amide bonds. The highest BCUT2D eigenvalue weighted by Gasteiger charge is 2.10. The molecular weight excluding hydrogens is 290 g/mol. The molecule has 1 aromatic carbocycles. The van der Waals surface area contributed by atoms with Gasteiger partial charge in [0, 0.05) is 27.7 Å². The molecule has 7 nitrogen and oxygen atoms in total. The van der Waals surface area contributed by atoms with E-state index in [1.54, 1.807) is 6.33 Å². The van der Waals surface area contributed by atoms with Gasteiger partial charge in [0.1, 0.15) is 0 Å². The molecule has 7 heteroatoms. The van der Waals surface area contributed by atoms with E-state index in [-0.39, 0.29) is 8.90 Å². The Balaban J connectivity index is 0.00000156. The lowest BCUT2D eigenvalue weighted by atomic mass is 10.2. The quantitative estimate of drug-likeness (QED) is 0.752. The summed E-state index contributed by atoms with van der Waals surface area (Å²) in [6.07, 6.45) is 3.58. The van der Waals surface area contributed by atoms with Gasteiger partial charge in [-0.2, -0.15) is 15.0 Å². The maximum Gasteiger partial charge on any atom is 0.233 e. The monoisotopic (exact) mass is 313 g/mol. The smallest absolute Gasteiger partial charge is 0.233 e. The topological polar surface area (TPSA) is 80.5 Å². The van der Waals surface area contributed by atoms with Gasteiger partial charge >= 0.3 is 0 Å². The van der Waals surface area contributed by atoms with Gasteiger partial charge in [0.05, 0.1) is 6.33 Å². The van der Waals surface area contributed by atoms with Crippen molar-refractivity contribution < 1.29 is 2.85 Å². The molecule has 0 spiro atoms. The molecule has 0 saturated carbocycles. The second-order valence-electron chi connectivity index (χ2n) is 5.52. The molecule has 2 N–H and O–H groups in total. The Hall–Kier alpha value is -2.96. The second-order valence-corrected chi connectivity index (χ2v) is 5.52. The summed E-state index contributed by atoms with van der Waals surface area (Å²) in [6.45, 7) is 4.08. The van der Waals surface area contributed by atoms with Gasteiger partial charge in [-0.3, -0.25) is 0 Å². The van der Waals surface area contributed by atoms with Gasteiger partial charge in [-0.05, 0) is 13.8 Å². The molecule has 0 aliphatic heterocycles. The fourth-order valence-corrected chi connectivity index (χ4v) is 2.06. The van der Waals surface area contributed by atoms with Crippen LogP contribution in [0.2, 0.25) is 0 Å². The van der Waals surface area contributed by atoms with Gasteiger partial charge in [-0.25, -0.2) is 4.98 Å². The Morgan fingerprint density at radius 3 is 2.43 bits per heavy atom. The molecule has 0 aliphatic rings. The number of benzene rings is 1.